The molecule has 1 aliphatic carbocycles. The number of aromatic nitrogens is 5. The largest absolute Gasteiger partial charge is 0.435 e. The summed E-state index contributed by atoms with van der Waals surface area (Å²) in [6.45, 7) is 9.68. The molecule has 3 heterocycles. The fourth-order valence-corrected chi connectivity index (χ4v) is 7.21. The minimum Gasteiger partial charge on any atom is -0.397 e. The smallest absolute Gasteiger partial charge is 0.397 e. The van der Waals surface area contributed by atoms with Crippen molar-refractivity contribution >= 4 is 63.6 Å². The Morgan fingerprint density at radius 3 is 2.11 bits per heavy atom. The molecular formula is C42H54ClF9N8OS2. The number of nitrogens with one attached hydrogen (secondary N) is 2. The molecule has 0 aliphatic heterocycles. The number of rotatable bonds is 11. The van der Waals surface area contributed by atoms with Crippen LogP contribution in [0.3, 0.4) is 0 Å². The Morgan fingerprint density at radius 1 is 0.984 bits per heavy atom. The molecule has 350 valence electrons. The molecule has 6 rings (SSSR count). The summed E-state index contributed by atoms with van der Waals surface area (Å²) in [6.07, 6.45) is 1.00. The van der Waals surface area contributed by atoms with Crippen molar-refractivity contribution in [1.29, 1.82) is 0 Å². The molecule has 21 heteroatoms. The number of hydrogen-bond donors (Lipinski definition) is 3. The molecule has 0 bridgehead atoms. The topological polar surface area (TPSA) is 116 Å². The van der Waals surface area contributed by atoms with Crippen LogP contribution in [0.4, 0.5) is 51.0 Å². The number of carbonyl (C=O) groups excluding carboxylic acids is 1. The second-order valence-electron chi connectivity index (χ2n) is 13.7. The van der Waals surface area contributed by atoms with E-state index in [0.717, 1.165) is 19.1 Å². The van der Waals surface area contributed by atoms with Gasteiger partial charge in [0.1, 0.15) is 23.9 Å². The molecule has 0 spiro atoms. The third-order valence-electron chi connectivity index (χ3n) is 8.73. The van der Waals surface area contributed by atoms with E-state index in [9.17, 15) is 44.3 Å². The molecule has 4 N–H and O–H groups in total. The van der Waals surface area contributed by atoms with Crippen LogP contribution in [0.5, 0.6) is 0 Å². The highest BCUT2D eigenvalue weighted by Crippen LogP contribution is 2.46. The Morgan fingerprint density at radius 2 is 1.59 bits per heavy atom. The maximum Gasteiger partial charge on any atom is 0.435 e. The summed E-state index contributed by atoms with van der Waals surface area (Å²) in [4.78, 5) is 18.0. The number of hydrogen-bond acceptors (Lipinski definition) is 8. The first kappa shape index (κ1) is 54.8. The van der Waals surface area contributed by atoms with Crippen LogP contribution in [0.1, 0.15) is 95.1 Å². The van der Waals surface area contributed by atoms with Crippen molar-refractivity contribution < 1.29 is 44.3 Å². The number of carbonyl (C=O) groups is 1. The van der Waals surface area contributed by atoms with Crippen LogP contribution in [-0.4, -0.2) is 55.1 Å². The van der Waals surface area contributed by atoms with E-state index in [0.29, 0.717) is 50.0 Å². The lowest BCUT2D eigenvalue weighted by Crippen LogP contribution is -2.35. The van der Waals surface area contributed by atoms with E-state index in [-0.39, 0.29) is 29.8 Å². The summed E-state index contributed by atoms with van der Waals surface area (Å²) in [5.41, 5.74) is 4.85. The van der Waals surface area contributed by atoms with E-state index in [1.54, 1.807) is 54.9 Å². The van der Waals surface area contributed by atoms with Gasteiger partial charge in [0.15, 0.2) is 11.5 Å². The molecule has 1 aliphatic rings. The summed E-state index contributed by atoms with van der Waals surface area (Å²) in [6, 6.07) is 6.37. The van der Waals surface area contributed by atoms with Gasteiger partial charge in [-0.1, -0.05) is 70.7 Å². The summed E-state index contributed by atoms with van der Waals surface area (Å²) in [7, 11) is 1.68. The maximum absolute atomic E-state index is 14.8. The number of benzene rings is 2. The molecule has 0 saturated carbocycles. The van der Waals surface area contributed by atoms with Crippen molar-refractivity contribution in [2.45, 2.75) is 104 Å². The van der Waals surface area contributed by atoms with Gasteiger partial charge in [-0.3, -0.25) is 19.1 Å². The molecule has 1 amide bonds. The van der Waals surface area contributed by atoms with Crippen LogP contribution in [0.25, 0.3) is 22.0 Å². The van der Waals surface area contributed by atoms with Crippen molar-refractivity contribution in [3.05, 3.63) is 87.5 Å². The zero-order chi connectivity index (χ0) is 48.0. The number of nitrogen functional groups attached to an aromatic ring is 1. The lowest BCUT2D eigenvalue weighted by molar-refractivity contribution is -0.142. The van der Waals surface area contributed by atoms with Gasteiger partial charge in [0.25, 0.3) is 5.92 Å². The molecule has 1 unspecified atom stereocenters. The zero-order valence-electron chi connectivity index (χ0n) is 36.7. The van der Waals surface area contributed by atoms with Crippen LogP contribution in [-0.2, 0) is 43.3 Å². The second kappa shape index (κ2) is 24.1. The average molecular weight is 958 g/mol. The van der Waals surface area contributed by atoms with Gasteiger partial charge in [0.2, 0.25) is 11.8 Å². The van der Waals surface area contributed by atoms with Gasteiger partial charge in [-0.05, 0) is 62.1 Å². The van der Waals surface area contributed by atoms with E-state index in [4.69, 9.17) is 17.3 Å². The molecule has 2 aromatic carbocycles. The highest BCUT2D eigenvalue weighted by molar-refractivity contribution is 7.99. The monoisotopic (exact) mass is 956 g/mol. The van der Waals surface area contributed by atoms with Crippen molar-refractivity contribution in [2.75, 3.05) is 29.2 Å². The maximum atomic E-state index is 14.8. The van der Waals surface area contributed by atoms with Gasteiger partial charge < -0.3 is 15.8 Å². The van der Waals surface area contributed by atoms with Crippen molar-refractivity contribution in [2.24, 2.45) is 7.05 Å². The average Bonchev–Trinajstić information content (AvgIpc) is 3.84. The molecular weight excluding hydrogens is 903 g/mol. The van der Waals surface area contributed by atoms with Crippen molar-refractivity contribution in [1.82, 2.24) is 29.9 Å². The summed E-state index contributed by atoms with van der Waals surface area (Å²) in [5.74, 6) is -8.46. The van der Waals surface area contributed by atoms with Crippen LogP contribution in [0.2, 0.25) is 5.02 Å². The van der Waals surface area contributed by atoms with Gasteiger partial charge in [-0.2, -0.15) is 43.9 Å². The molecule has 5 aromatic rings. The first-order valence-corrected chi connectivity index (χ1v) is 23.1. The van der Waals surface area contributed by atoms with E-state index in [2.05, 4.69) is 25.2 Å². The minimum atomic E-state index is -5.03. The van der Waals surface area contributed by atoms with Crippen LogP contribution in [0, 0.1) is 11.6 Å². The fourth-order valence-electron chi connectivity index (χ4n) is 6.63. The number of anilines is 2. The predicted molar refractivity (Wildman–Crippen MR) is 239 cm³/mol. The van der Waals surface area contributed by atoms with Gasteiger partial charge in [-0.25, -0.2) is 17.6 Å². The van der Waals surface area contributed by atoms with Gasteiger partial charge in [0.05, 0.1) is 39.5 Å². The number of amides is 1. The zero-order valence-corrected chi connectivity index (χ0v) is 39.1. The predicted octanol–water partition coefficient (Wildman–Crippen LogP) is 12.7. The lowest BCUT2D eigenvalue weighted by Gasteiger charge is -2.23. The van der Waals surface area contributed by atoms with E-state index in [1.807, 2.05) is 40.2 Å². The molecule has 0 fully saturated rings. The number of thioether (sulfide) groups is 1. The second-order valence-corrected chi connectivity index (χ2v) is 15.5. The Bertz CT molecular complexity index is 2240. The Hall–Kier alpha value is -4.30. The number of nitrogens with two attached hydrogens (primary N) is 1. The number of aryl methyl sites for hydroxylation is 1. The fraction of sp³-hybridized carbons (Fsp3) is 0.476. The Labute approximate surface area is 375 Å². The number of pyridine rings is 1. The normalized spacial score (nSPS) is 13.2. The Kier molecular flexibility index (Phi) is 21.0. The van der Waals surface area contributed by atoms with Crippen LogP contribution < -0.4 is 15.8 Å². The van der Waals surface area contributed by atoms with Gasteiger partial charge in [0, 0.05) is 48.9 Å². The number of nitrogens with zero attached hydrogens (tertiary/aromatic N) is 5. The highest BCUT2D eigenvalue weighted by atomic mass is 35.5. The van der Waals surface area contributed by atoms with Crippen LogP contribution >= 0.6 is 35.3 Å². The number of fused-ring (bicyclic) bond motifs is 2. The Balaban J connectivity index is 0.000000860. The van der Waals surface area contributed by atoms with Crippen molar-refractivity contribution in [3.63, 3.8) is 0 Å². The summed E-state index contributed by atoms with van der Waals surface area (Å²) < 4.78 is 128. The molecule has 9 nitrogen and oxygen atoms in total. The number of alkyl halides is 7. The van der Waals surface area contributed by atoms with E-state index in [1.165, 1.54) is 18.1 Å². The van der Waals surface area contributed by atoms with Crippen LogP contribution in [0.15, 0.2) is 42.6 Å². The number of halogens is 10. The first-order valence-electron chi connectivity index (χ1n) is 19.8. The SMILES string of the molecule is CC.CC.CCCC(C)(F)F.CSC.CSNc1nn(C)c2c(-c3cc(N)cnc3C(Cc3cc(F)cc(F)c3)NC(=O)Cn3nc(C(F)(F)F)c4c3C(F)(F)CC4)ccc(Cl)c12. The van der Waals surface area contributed by atoms with E-state index >= 15 is 0 Å². The van der Waals surface area contributed by atoms with Gasteiger partial charge >= 0.3 is 6.18 Å². The minimum absolute atomic E-state index is 0.00694. The molecule has 3 aromatic heterocycles. The molecule has 0 saturated heterocycles. The first-order chi connectivity index (χ1) is 29.5. The standard InChI is InChI=1S/C31H26ClF7N8OS.C5H10F2.C2H6S.2C2H6/c1-46-26-18(3-4-21(32)24(26)29(44-46)45-49-2)20-11-17(40)12-41-25(20)22(9-14-7-15(33)10-16(34)8-14)42-23(48)13-47-28-19(5-6-30(28,35)36)27(43-47)31(37,38)39;1-3-4-5(2,6)7;1-3-2;2*1-2/h3-4,7-8,10-12,22H,5-6,9,13,40H2,1-2H3,(H,42,48)(H,44,45);3-4H2,1-2H3;1-2H3;2*1-2H3. The third-order valence-corrected chi connectivity index (χ3v) is 9.44. The summed E-state index contributed by atoms with van der Waals surface area (Å²) in [5, 5.41) is 11.4. The molecule has 63 heavy (non-hydrogen) atoms. The van der Waals surface area contributed by atoms with E-state index < -0.39 is 77.9 Å². The summed E-state index contributed by atoms with van der Waals surface area (Å²) >= 11 is 9.61. The van der Waals surface area contributed by atoms with Gasteiger partial charge in [-0.15, -0.1) is 0 Å². The lowest BCUT2D eigenvalue weighted by atomic mass is 9.94. The highest BCUT2D eigenvalue weighted by Gasteiger charge is 2.50. The molecule has 0 radical (unpaired) electrons. The molecule has 1 atom stereocenters. The van der Waals surface area contributed by atoms with Crippen molar-refractivity contribution in [3.8, 4) is 11.1 Å². The quantitative estimate of drug-likeness (QED) is 0.0886. The third kappa shape index (κ3) is 14.6.